The standard InChI is InChI=1S/C28H32ClN9O2/c1-16-11-19(17(2)32-22-5-6-23(29)33-25(22)26-30-15-35(3)34-26)24-20(12-16)28(40)36(4)27-21(24)13-31-38(27)18-7-8-37(14-18)9-10-39/h5-6,11-13,15,17-18,32,39H,7-10,14H2,1-4H3. The first-order valence-corrected chi connectivity index (χ1v) is 13.8. The highest BCUT2D eigenvalue weighted by atomic mass is 35.5. The molecule has 11 nitrogen and oxygen atoms in total. The second-order valence-electron chi connectivity index (χ2n) is 10.6. The average molecular weight is 562 g/mol. The van der Waals surface area contributed by atoms with E-state index in [9.17, 15) is 9.90 Å². The van der Waals surface area contributed by atoms with Crippen molar-refractivity contribution in [3.63, 3.8) is 0 Å². The van der Waals surface area contributed by atoms with Crippen molar-refractivity contribution in [2.45, 2.75) is 32.4 Å². The largest absolute Gasteiger partial charge is 0.395 e. The van der Waals surface area contributed by atoms with Crippen molar-refractivity contribution in [1.82, 2.24) is 39.0 Å². The van der Waals surface area contributed by atoms with Crippen molar-refractivity contribution < 1.29 is 5.11 Å². The van der Waals surface area contributed by atoms with E-state index in [0.29, 0.717) is 28.6 Å². The molecule has 0 bridgehead atoms. The maximum absolute atomic E-state index is 13.8. The first-order valence-electron chi connectivity index (χ1n) is 13.4. The Hall–Kier alpha value is -3.80. The molecular formula is C28H32ClN9O2. The van der Waals surface area contributed by atoms with Gasteiger partial charge in [0.05, 0.1) is 24.5 Å². The predicted octanol–water partition coefficient (Wildman–Crippen LogP) is 3.45. The average Bonchev–Trinajstić information content (AvgIpc) is 3.68. The zero-order chi connectivity index (χ0) is 28.1. The van der Waals surface area contributed by atoms with Crippen molar-refractivity contribution in [2.75, 3.05) is 31.6 Å². The van der Waals surface area contributed by atoms with Gasteiger partial charge in [0.2, 0.25) is 5.82 Å². The molecule has 12 heteroatoms. The number of fused-ring (bicyclic) bond motifs is 3. The number of likely N-dealkylation sites (tertiary alicyclic amines) is 1. The molecule has 0 aliphatic carbocycles. The van der Waals surface area contributed by atoms with Crippen molar-refractivity contribution >= 4 is 39.1 Å². The molecule has 208 valence electrons. The molecule has 0 radical (unpaired) electrons. The van der Waals surface area contributed by atoms with Crippen molar-refractivity contribution in [2.24, 2.45) is 14.1 Å². The van der Waals surface area contributed by atoms with E-state index in [1.165, 1.54) is 0 Å². The number of aliphatic hydroxyl groups is 1. The maximum Gasteiger partial charge on any atom is 0.259 e. The smallest absolute Gasteiger partial charge is 0.259 e. The Labute approximate surface area is 236 Å². The number of anilines is 1. The Bertz CT molecular complexity index is 1790. The van der Waals surface area contributed by atoms with Gasteiger partial charge in [-0.25, -0.2) is 14.6 Å². The summed E-state index contributed by atoms with van der Waals surface area (Å²) < 4.78 is 5.33. The summed E-state index contributed by atoms with van der Waals surface area (Å²) in [7, 11) is 3.62. The van der Waals surface area contributed by atoms with Crippen LogP contribution in [0.25, 0.3) is 33.3 Å². The number of nitrogens with zero attached hydrogens (tertiary/aromatic N) is 8. The summed E-state index contributed by atoms with van der Waals surface area (Å²) in [6.07, 6.45) is 4.41. The second-order valence-corrected chi connectivity index (χ2v) is 11.0. The fraction of sp³-hybridized carbons (Fsp3) is 0.393. The monoisotopic (exact) mass is 561 g/mol. The number of pyridine rings is 2. The van der Waals surface area contributed by atoms with Crippen LogP contribution in [0, 0.1) is 6.92 Å². The van der Waals surface area contributed by atoms with Gasteiger partial charge in [-0.2, -0.15) is 5.10 Å². The summed E-state index contributed by atoms with van der Waals surface area (Å²) in [5, 5.41) is 25.0. The lowest BCUT2D eigenvalue weighted by Crippen LogP contribution is -2.26. The van der Waals surface area contributed by atoms with Crippen LogP contribution in [0.3, 0.4) is 0 Å². The minimum atomic E-state index is -0.196. The van der Waals surface area contributed by atoms with E-state index in [1.54, 1.807) is 28.7 Å². The van der Waals surface area contributed by atoms with Gasteiger partial charge in [0, 0.05) is 55.9 Å². The molecule has 1 aromatic carbocycles. The van der Waals surface area contributed by atoms with Crippen LogP contribution >= 0.6 is 11.6 Å². The first kappa shape index (κ1) is 26.4. The zero-order valence-corrected chi connectivity index (χ0v) is 23.7. The molecule has 1 saturated heterocycles. The third-order valence-electron chi connectivity index (χ3n) is 7.73. The first-order chi connectivity index (χ1) is 19.2. The van der Waals surface area contributed by atoms with E-state index in [2.05, 4.69) is 38.3 Å². The molecular weight excluding hydrogens is 530 g/mol. The number of aliphatic hydroxyl groups excluding tert-OH is 1. The fourth-order valence-electron chi connectivity index (χ4n) is 5.87. The Balaban J connectivity index is 1.47. The number of hydrogen-bond acceptors (Lipinski definition) is 8. The van der Waals surface area contributed by atoms with Gasteiger partial charge >= 0.3 is 0 Å². The summed E-state index contributed by atoms with van der Waals surface area (Å²) in [5.41, 5.74) is 4.02. The molecule has 1 aliphatic rings. The second kappa shape index (κ2) is 10.3. The van der Waals surface area contributed by atoms with Crippen LogP contribution in [0.4, 0.5) is 5.69 Å². The fourth-order valence-corrected chi connectivity index (χ4v) is 6.02. The predicted molar refractivity (Wildman–Crippen MR) is 156 cm³/mol. The SMILES string of the molecule is Cc1cc(C(C)Nc2ccc(Cl)nc2-c2ncn(C)n2)c2c(c1)c(=O)n(C)c1c2cnn1C1CCN(CCO)C1. The van der Waals surface area contributed by atoms with Gasteiger partial charge in [0.15, 0.2) is 0 Å². The van der Waals surface area contributed by atoms with Crippen LogP contribution in [-0.4, -0.2) is 70.3 Å². The van der Waals surface area contributed by atoms with Crippen molar-refractivity contribution in [3.8, 4) is 11.5 Å². The van der Waals surface area contributed by atoms with Gasteiger partial charge in [-0.3, -0.25) is 18.9 Å². The molecule has 4 aromatic heterocycles. The van der Waals surface area contributed by atoms with E-state index in [4.69, 9.17) is 16.7 Å². The minimum absolute atomic E-state index is 0.0573. The van der Waals surface area contributed by atoms with Crippen molar-refractivity contribution in [1.29, 1.82) is 0 Å². The van der Waals surface area contributed by atoms with Crippen LogP contribution in [-0.2, 0) is 14.1 Å². The lowest BCUT2D eigenvalue weighted by molar-refractivity contribution is 0.217. The molecule has 5 aromatic rings. The molecule has 2 unspecified atom stereocenters. The number of benzene rings is 1. The van der Waals surface area contributed by atoms with Gasteiger partial charge in [-0.1, -0.05) is 17.7 Å². The number of rotatable bonds is 7. The Kier molecular flexibility index (Phi) is 6.81. The summed E-state index contributed by atoms with van der Waals surface area (Å²) in [4.78, 5) is 24.9. The summed E-state index contributed by atoms with van der Waals surface area (Å²) in [5.74, 6) is 0.471. The Morgan fingerprint density at radius 2 is 2.05 bits per heavy atom. The molecule has 2 atom stereocenters. The van der Waals surface area contributed by atoms with E-state index < -0.39 is 0 Å². The number of halogens is 1. The van der Waals surface area contributed by atoms with Crippen LogP contribution in [0.15, 0.2) is 41.6 Å². The van der Waals surface area contributed by atoms with Gasteiger partial charge in [0.1, 0.15) is 22.8 Å². The summed E-state index contributed by atoms with van der Waals surface area (Å²) in [6.45, 7) is 6.52. The molecule has 40 heavy (non-hydrogen) atoms. The van der Waals surface area contributed by atoms with E-state index in [0.717, 1.165) is 52.7 Å². The van der Waals surface area contributed by atoms with Crippen molar-refractivity contribution in [3.05, 3.63) is 63.4 Å². The van der Waals surface area contributed by atoms with Gasteiger partial charge in [-0.05, 0) is 49.6 Å². The lowest BCUT2D eigenvalue weighted by Gasteiger charge is -2.21. The van der Waals surface area contributed by atoms with Crippen LogP contribution in [0.1, 0.15) is 36.6 Å². The number of nitrogens with one attached hydrogen (secondary N) is 1. The highest BCUT2D eigenvalue weighted by Gasteiger charge is 2.28. The minimum Gasteiger partial charge on any atom is -0.395 e. The van der Waals surface area contributed by atoms with Gasteiger partial charge in [-0.15, -0.1) is 5.10 Å². The van der Waals surface area contributed by atoms with Crippen LogP contribution < -0.4 is 10.9 Å². The van der Waals surface area contributed by atoms with Crippen LogP contribution in [0.2, 0.25) is 5.15 Å². The maximum atomic E-state index is 13.8. The quantitative estimate of drug-likeness (QED) is 0.290. The number of β-amino-alcohol motifs (C(OH)–C–C–N with tert-alkyl or cyclic N) is 1. The highest BCUT2D eigenvalue weighted by molar-refractivity contribution is 6.29. The van der Waals surface area contributed by atoms with E-state index in [1.807, 2.05) is 37.0 Å². The third kappa shape index (κ3) is 4.53. The van der Waals surface area contributed by atoms with Gasteiger partial charge in [0.25, 0.3) is 5.56 Å². The highest BCUT2D eigenvalue weighted by Crippen LogP contribution is 2.35. The molecule has 0 amide bonds. The van der Waals surface area contributed by atoms with E-state index in [-0.39, 0.29) is 24.2 Å². The molecule has 0 spiro atoms. The van der Waals surface area contributed by atoms with Gasteiger partial charge < -0.3 is 10.4 Å². The van der Waals surface area contributed by atoms with E-state index >= 15 is 0 Å². The molecule has 0 saturated carbocycles. The number of hydrogen-bond donors (Lipinski definition) is 2. The molecule has 1 fully saturated rings. The Morgan fingerprint density at radius 3 is 2.80 bits per heavy atom. The summed E-state index contributed by atoms with van der Waals surface area (Å²) in [6, 6.07) is 7.62. The Morgan fingerprint density at radius 1 is 1.23 bits per heavy atom. The molecule has 2 N–H and O–H groups in total. The topological polar surface area (TPSA) is 119 Å². The lowest BCUT2D eigenvalue weighted by atomic mass is 9.95. The normalized spacial score (nSPS) is 16.8. The van der Waals surface area contributed by atoms with Crippen LogP contribution in [0.5, 0.6) is 0 Å². The number of aryl methyl sites for hydroxylation is 3. The number of aromatic nitrogens is 7. The molecule has 1 aliphatic heterocycles. The zero-order valence-electron chi connectivity index (χ0n) is 23.0. The molecule has 6 rings (SSSR count). The summed E-state index contributed by atoms with van der Waals surface area (Å²) >= 11 is 6.24. The molecule has 5 heterocycles. The third-order valence-corrected chi connectivity index (χ3v) is 7.94.